The van der Waals surface area contributed by atoms with Crippen molar-refractivity contribution in [2.45, 2.75) is 20.3 Å². The number of ether oxygens (including phenoxy) is 2. The maximum absolute atomic E-state index is 13.1. The molecule has 1 aliphatic heterocycles. The van der Waals surface area contributed by atoms with Gasteiger partial charge in [0.1, 0.15) is 5.57 Å². The highest BCUT2D eigenvalue weighted by Gasteiger charge is 2.37. The zero-order valence-electron chi connectivity index (χ0n) is 17.9. The molecule has 9 nitrogen and oxygen atoms in total. The third-order valence-electron chi connectivity index (χ3n) is 4.57. The van der Waals surface area contributed by atoms with Crippen molar-refractivity contribution in [3.63, 3.8) is 0 Å². The Morgan fingerprint density at radius 3 is 2.42 bits per heavy atom. The third-order valence-corrected chi connectivity index (χ3v) is 5.16. The number of rotatable bonds is 8. The predicted octanol–water partition coefficient (Wildman–Crippen LogP) is 4.00. The molecule has 0 aliphatic carbocycles. The van der Waals surface area contributed by atoms with E-state index in [0.29, 0.717) is 34.7 Å². The molecule has 2 aromatic rings. The van der Waals surface area contributed by atoms with Gasteiger partial charge >= 0.3 is 12.0 Å². The molecule has 3 rings (SSSR count). The van der Waals surface area contributed by atoms with Crippen molar-refractivity contribution in [1.29, 1.82) is 0 Å². The SMILES string of the molecule is CCCOc1c(Br)cc(/C=C2\C(=O)NC(=O)N(c3ccc(C(=O)O)cc3)C2=O)cc1OCC. The van der Waals surface area contributed by atoms with Gasteiger partial charge in [0.05, 0.1) is 28.9 Å². The van der Waals surface area contributed by atoms with Crippen molar-refractivity contribution in [3.8, 4) is 11.5 Å². The summed E-state index contributed by atoms with van der Waals surface area (Å²) in [4.78, 5) is 49.7. The molecule has 0 bridgehead atoms. The lowest BCUT2D eigenvalue weighted by molar-refractivity contribution is -0.122. The van der Waals surface area contributed by atoms with Crippen molar-refractivity contribution >= 4 is 51.5 Å². The van der Waals surface area contributed by atoms with Gasteiger partial charge in [-0.25, -0.2) is 14.5 Å². The molecule has 0 radical (unpaired) electrons. The third kappa shape index (κ3) is 5.23. The summed E-state index contributed by atoms with van der Waals surface area (Å²) in [5.41, 5.74) is 0.325. The van der Waals surface area contributed by atoms with Gasteiger partial charge in [0.15, 0.2) is 11.5 Å². The van der Waals surface area contributed by atoms with Crippen LogP contribution in [0.5, 0.6) is 11.5 Å². The quantitative estimate of drug-likeness (QED) is 0.401. The monoisotopic (exact) mass is 516 g/mol. The Kier molecular flexibility index (Phi) is 7.49. The van der Waals surface area contributed by atoms with Crippen molar-refractivity contribution in [3.05, 3.63) is 57.6 Å². The van der Waals surface area contributed by atoms with E-state index in [1.807, 2.05) is 13.8 Å². The van der Waals surface area contributed by atoms with Gasteiger partial charge in [-0.2, -0.15) is 0 Å². The largest absolute Gasteiger partial charge is 0.490 e. The van der Waals surface area contributed by atoms with Crippen molar-refractivity contribution in [2.24, 2.45) is 0 Å². The first-order chi connectivity index (χ1) is 15.8. The molecule has 0 atom stereocenters. The van der Waals surface area contributed by atoms with E-state index < -0.39 is 23.8 Å². The topological polar surface area (TPSA) is 122 Å². The molecule has 0 spiro atoms. The van der Waals surface area contributed by atoms with Crippen molar-refractivity contribution in [2.75, 3.05) is 18.1 Å². The second kappa shape index (κ2) is 10.3. The fourth-order valence-corrected chi connectivity index (χ4v) is 3.66. The lowest BCUT2D eigenvalue weighted by atomic mass is 10.1. The van der Waals surface area contributed by atoms with Gasteiger partial charge in [-0.05, 0) is 77.3 Å². The Morgan fingerprint density at radius 2 is 1.82 bits per heavy atom. The van der Waals surface area contributed by atoms with E-state index in [0.717, 1.165) is 11.3 Å². The number of amides is 4. The summed E-state index contributed by atoms with van der Waals surface area (Å²) >= 11 is 3.44. The Hall–Kier alpha value is -3.66. The molecule has 0 saturated carbocycles. The highest BCUT2D eigenvalue weighted by molar-refractivity contribution is 9.10. The van der Waals surface area contributed by atoms with Gasteiger partial charge in [0, 0.05) is 0 Å². The molecular formula is C23H21BrN2O7. The van der Waals surface area contributed by atoms with Crippen LogP contribution in [0.4, 0.5) is 10.5 Å². The number of carboxylic acids is 1. The molecule has 0 unspecified atom stereocenters. The number of anilines is 1. The summed E-state index contributed by atoms with van der Waals surface area (Å²) in [5, 5.41) is 11.2. The Labute approximate surface area is 198 Å². The summed E-state index contributed by atoms with van der Waals surface area (Å²) < 4.78 is 12.0. The lowest BCUT2D eigenvalue weighted by Gasteiger charge is -2.26. The summed E-state index contributed by atoms with van der Waals surface area (Å²) in [6.07, 6.45) is 2.15. The van der Waals surface area contributed by atoms with Gasteiger partial charge in [0.25, 0.3) is 11.8 Å². The van der Waals surface area contributed by atoms with Crippen LogP contribution in [0.15, 0.2) is 46.4 Å². The van der Waals surface area contributed by atoms with Crippen LogP contribution in [0.2, 0.25) is 0 Å². The average molecular weight is 517 g/mol. The molecule has 2 aromatic carbocycles. The highest BCUT2D eigenvalue weighted by atomic mass is 79.9. The van der Waals surface area contributed by atoms with Gasteiger partial charge < -0.3 is 14.6 Å². The molecule has 2 N–H and O–H groups in total. The van der Waals surface area contributed by atoms with Gasteiger partial charge in [-0.3, -0.25) is 14.9 Å². The molecule has 1 heterocycles. The highest BCUT2D eigenvalue weighted by Crippen LogP contribution is 2.38. The minimum Gasteiger partial charge on any atom is -0.490 e. The molecule has 172 valence electrons. The van der Waals surface area contributed by atoms with E-state index in [-0.39, 0.29) is 16.8 Å². The molecule has 1 saturated heterocycles. The van der Waals surface area contributed by atoms with E-state index in [1.165, 1.54) is 30.3 Å². The number of imide groups is 2. The normalized spacial score (nSPS) is 14.9. The Bertz CT molecular complexity index is 1140. The first kappa shape index (κ1) is 24.0. The molecular weight excluding hydrogens is 496 g/mol. The number of hydrogen-bond acceptors (Lipinski definition) is 6. The number of aromatic carboxylic acids is 1. The number of nitrogens with one attached hydrogen (secondary N) is 1. The number of carbonyl (C=O) groups excluding carboxylic acids is 3. The second-order valence-corrected chi connectivity index (χ2v) is 7.78. The summed E-state index contributed by atoms with van der Waals surface area (Å²) in [6, 6.07) is 7.54. The summed E-state index contributed by atoms with van der Waals surface area (Å²) in [7, 11) is 0. The predicted molar refractivity (Wildman–Crippen MR) is 124 cm³/mol. The number of nitrogens with zero attached hydrogens (tertiary/aromatic N) is 1. The van der Waals surface area contributed by atoms with Crippen LogP contribution >= 0.6 is 15.9 Å². The van der Waals surface area contributed by atoms with Crippen LogP contribution in [0, 0.1) is 0 Å². The first-order valence-corrected chi connectivity index (χ1v) is 10.9. The fraction of sp³-hybridized carbons (Fsp3) is 0.217. The maximum Gasteiger partial charge on any atom is 0.335 e. The number of hydrogen-bond donors (Lipinski definition) is 2. The number of urea groups is 1. The van der Waals surface area contributed by atoms with Crippen LogP contribution in [-0.2, 0) is 9.59 Å². The fourth-order valence-electron chi connectivity index (χ4n) is 3.09. The van der Waals surface area contributed by atoms with E-state index in [9.17, 15) is 19.2 Å². The Morgan fingerprint density at radius 1 is 1.12 bits per heavy atom. The van der Waals surface area contributed by atoms with Gasteiger partial charge in [-0.15, -0.1) is 0 Å². The molecule has 1 fully saturated rings. The molecule has 0 aromatic heterocycles. The number of carboxylic acid groups (broad SMARTS) is 1. The second-order valence-electron chi connectivity index (χ2n) is 6.92. The van der Waals surface area contributed by atoms with Crippen molar-refractivity contribution in [1.82, 2.24) is 5.32 Å². The van der Waals surface area contributed by atoms with E-state index in [1.54, 1.807) is 12.1 Å². The number of carbonyl (C=O) groups is 4. The van der Waals surface area contributed by atoms with E-state index in [2.05, 4.69) is 21.2 Å². The number of halogens is 1. The van der Waals surface area contributed by atoms with Gasteiger partial charge in [0.2, 0.25) is 0 Å². The average Bonchev–Trinajstić information content (AvgIpc) is 2.76. The molecule has 33 heavy (non-hydrogen) atoms. The van der Waals surface area contributed by atoms with Crippen molar-refractivity contribution < 1.29 is 33.8 Å². The minimum atomic E-state index is -1.14. The van der Waals surface area contributed by atoms with Crippen LogP contribution in [0.1, 0.15) is 36.2 Å². The zero-order valence-corrected chi connectivity index (χ0v) is 19.5. The first-order valence-electron chi connectivity index (χ1n) is 10.1. The number of benzene rings is 2. The van der Waals surface area contributed by atoms with E-state index >= 15 is 0 Å². The van der Waals surface area contributed by atoms with Crippen LogP contribution in [0.25, 0.3) is 6.08 Å². The van der Waals surface area contributed by atoms with Gasteiger partial charge in [-0.1, -0.05) is 6.92 Å². The van der Waals surface area contributed by atoms with Crippen LogP contribution < -0.4 is 19.7 Å². The van der Waals surface area contributed by atoms with Crippen LogP contribution in [0.3, 0.4) is 0 Å². The van der Waals surface area contributed by atoms with Crippen LogP contribution in [-0.4, -0.2) is 42.1 Å². The minimum absolute atomic E-state index is 0.00542. The van der Waals surface area contributed by atoms with E-state index in [4.69, 9.17) is 14.6 Å². The smallest absolute Gasteiger partial charge is 0.335 e. The standard InChI is InChI=1S/C23H21BrN2O7/c1-3-9-33-19-17(24)11-13(12-18(19)32-4-2)10-16-20(27)25-23(31)26(21(16)28)15-7-5-14(6-8-15)22(29)30/h5-8,10-12H,3-4,9H2,1-2H3,(H,29,30)(H,25,27,31)/b16-10+. The summed E-state index contributed by atoms with van der Waals surface area (Å²) in [5.74, 6) is -1.88. The lowest BCUT2D eigenvalue weighted by Crippen LogP contribution is -2.54. The number of barbiturate groups is 1. The molecule has 4 amide bonds. The summed E-state index contributed by atoms with van der Waals surface area (Å²) in [6.45, 7) is 4.66. The maximum atomic E-state index is 13.1. The molecule has 1 aliphatic rings. The Balaban J connectivity index is 1.99. The zero-order chi connectivity index (χ0) is 24.1. The molecule has 10 heteroatoms.